The average molecular weight is 170 g/mol. The highest BCUT2D eigenvalue weighted by molar-refractivity contribution is 5.96. The number of rotatable bonds is 6. The van der Waals surface area contributed by atoms with E-state index in [1.165, 1.54) is 6.92 Å². The summed E-state index contributed by atoms with van der Waals surface area (Å²) in [5.41, 5.74) is 0. The van der Waals surface area contributed by atoms with Crippen LogP contribution in [0.2, 0.25) is 0 Å². The van der Waals surface area contributed by atoms with E-state index in [9.17, 15) is 9.59 Å². The maximum atomic E-state index is 10.8. The summed E-state index contributed by atoms with van der Waals surface area (Å²) >= 11 is 0. The van der Waals surface area contributed by atoms with Gasteiger partial charge in [0.25, 0.3) is 0 Å². The predicted octanol–water partition coefficient (Wildman–Crippen LogP) is 1.63. The minimum atomic E-state index is -1.02. The van der Waals surface area contributed by atoms with Crippen LogP contribution in [0.3, 0.4) is 0 Å². The number of hydrogen-bond donors (Lipinski definition) is 1. The first-order chi connectivity index (χ1) is 5.59. The van der Waals surface area contributed by atoms with Gasteiger partial charge in [-0.2, -0.15) is 0 Å². The summed E-state index contributed by atoms with van der Waals surface area (Å²) in [6, 6.07) is 0. The number of hydrogen-bond acceptors (Lipinski definition) is 2. The van der Waals surface area contributed by atoms with E-state index in [0.717, 1.165) is 6.42 Å². The fourth-order valence-corrected chi connectivity index (χ4v) is 0.967. The highest BCUT2D eigenvalue weighted by Gasteiger charge is 2.21. The van der Waals surface area contributed by atoms with Crippen molar-refractivity contribution in [3.8, 4) is 0 Å². The summed E-state index contributed by atoms with van der Waals surface area (Å²) in [6.07, 6.45) is 3.60. The molecule has 12 heavy (non-hydrogen) atoms. The molecule has 0 aliphatic carbocycles. The third-order valence-electron chi connectivity index (χ3n) is 1.69. The monoisotopic (exact) mass is 170 g/mol. The van der Waals surface area contributed by atoms with Crippen LogP contribution < -0.4 is 0 Å². The molecule has 68 valence electrons. The largest absolute Gasteiger partial charge is 0.481 e. The highest BCUT2D eigenvalue weighted by atomic mass is 16.4. The van der Waals surface area contributed by atoms with E-state index < -0.39 is 11.9 Å². The van der Waals surface area contributed by atoms with Crippen LogP contribution in [0.15, 0.2) is 12.7 Å². The summed E-state index contributed by atoms with van der Waals surface area (Å²) < 4.78 is 0. The van der Waals surface area contributed by atoms with Gasteiger partial charge in [-0.25, -0.2) is 0 Å². The molecular formula is C9H14O3. The first kappa shape index (κ1) is 10.9. The van der Waals surface area contributed by atoms with E-state index >= 15 is 0 Å². The SMILES string of the molecule is C=CCCCC(C(C)=O)C(=O)O. The number of carbonyl (C=O) groups is 2. The molecule has 0 amide bonds. The molecule has 0 aromatic carbocycles. The van der Waals surface area contributed by atoms with Crippen molar-refractivity contribution in [2.24, 2.45) is 5.92 Å². The van der Waals surface area contributed by atoms with Crippen LogP contribution in [0.4, 0.5) is 0 Å². The molecule has 0 aliphatic rings. The Morgan fingerprint density at radius 2 is 2.17 bits per heavy atom. The molecule has 0 aliphatic heterocycles. The van der Waals surface area contributed by atoms with Crippen molar-refractivity contribution in [1.29, 1.82) is 0 Å². The number of Topliss-reactive ketones (excluding diaryl/α,β-unsaturated/α-hetero) is 1. The van der Waals surface area contributed by atoms with Gasteiger partial charge in [-0.15, -0.1) is 6.58 Å². The number of carbonyl (C=O) groups excluding carboxylic acids is 1. The molecule has 0 saturated carbocycles. The van der Waals surface area contributed by atoms with Gasteiger partial charge in [0.15, 0.2) is 0 Å². The zero-order valence-electron chi connectivity index (χ0n) is 7.25. The summed E-state index contributed by atoms with van der Waals surface area (Å²) in [5, 5.41) is 8.60. The van der Waals surface area contributed by atoms with Crippen molar-refractivity contribution in [3.63, 3.8) is 0 Å². The van der Waals surface area contributed by atoms with E-state index in [4.69, 9.17) is 5.11 Å². The lowest BCUT2D eigenvalue weighted by molar-refractivity contribution is -0.146. The summed E-state index contributed by atoms with van der Waals surface area (Å²) in [6.45, 7) is 4.83. The van der Waals surface area contributed by atoms with Crippen LogP contribution in [-0.2, 0) is 9.59 Å². The van der Waals surface area contributed by atoms with Gasteiger partial charge < -0.3 is 5.11 Å². The molecule has 0 spiro atoms. The van der Waals surface area contributed by atoms with Crippen molar-refractivity contribution in [2.45, 2.75) is 26.2 Å². The lowest BCUT2D eigenvalue weighted by atomic mass is 9.98. The Balaban J connectivity index is 3.88. The van der Waals surface area contributed by atoms with Gasteiger partial charge >= 0.3 is 5.97 Å². The average Bonchev–Trinajstić information content (AvgIpc) is 1.96. The summed E-state index contributed by atoms with van der Waals surface area (Å²) in [4.78, 5) is 21.3. The van der Waals surface area contributed by atoms with Gasteiger partial charge in [-0.3, -0.25) is 9.59 Å². The zero-order chi connectivity index (χ0) is 9.56. The first-order valence-electron chi connectivity index (χ1n) is 3.93. The number of ketones is 1. The molecule has 0 radical (unpaired) electrons. The van der Waals surface area contributed by atoms with Crippen LogP contribution >= 0.6 is 0 Å². The molecular weight excluding hydrogens is 156 g/mol. The molecule has 0 aromatic heterocycles. The maximum Gasteiger partial charge on any atom is 0.314 e. The third-order valence-corrected chi connectivity index (χ3v) is 1.69. The van der Waals surface area contributed by atoms with Crippen molar-refractivity contribution in [2.75, 3.05) is 0 Å². The molecule has 0 heterocycles. The normalized spacial score (nSPS) is 12.1. The standard InChI is InChI=1S/C9H14O3/c1-3-4-5-6-8(7(2)10)9(11)12/h3,8H,1,4-6H2,2H3,(H,11,12). The number of aliphatic carboxylic acids is 1. The van der Waals surface area contributed by atoms with E-state index in [2.05, 4.69) is 6.58 Å². The van der Waals surface area contributed by atoms with Crippen molar-refractivity contribution < 1.29 is 14.7 Å². The van der Waals surface area contributed by atoms with Crippen LogP contribution in [0.1, 0.15) is 26.2 Å². The Morgan fingerprint density at radius 3 is 2.50 bits per heavy atom. The second-order valence-corrected chi connectivity index (χ2v) is 2.72. The summed E-state index contributed by atoms with van der Waals surface area (Å²) in [5.74, 6) is -2.12. The fourth-order valence-electron chi connectivity index (χ4n) is 0.967. The van der Waals surface area contributed by atoms with E-state index in [1.807, 2.05) is 0 Å². The molecule has 1 unspecified atom stereocenters. The van der Waals surface area contributed by atoms with Gasteiger partial charge in [0.1, 0.15) is 11.7 Å². The van der Waals surface area contributed by atoms with Crippen LogP contribution in [0.5, 0.6) is 0 Å². The molecule has 3 heteroatoms. The number of carboxylic acids is 1. The molecule has 1 N–H and O–H groups in total. The molecule has 1 atom stereocenters. The smallest absolute Gasteiger partial charge is 0.314 e. The highest BCUT2D eigenvalue weighted by Crippen LogP contribution is 2.10. The lowest BCUT2D eigenvalue weighted by Crippen LogP contribution is -2.21. The summed E-state index contributed by atoms with van der Waals surface area (Å²) in [7, 11) is 0. The Hall–Kier alpha value is -1.12. The lowest BCUT2D eigenvalue weighted by Gasteiger charge is -2.06. The van der Waals surface area contributed by atoms with Gasteiger partial charge in [0.05, 0.1) is 0 Å². The van der Waals surface area contributed by atoms with Crippen molar-refractivity contribution >= 4 is 11.8 Å². The molecule has 0 rings (SSSR count). The minimum Gasteiger partial charge on any atom is -0.481 e. The zero-order valence-corrected chi connectivity index (χ0v) is 7.25. The number of unbranched alkanes of at least 4 members (excludes halogenated alkanes) is 1. The number of carboxylic acid groups (broad SMARTS) is 1. The van der Waals surface area contributed by atoms with Crippen molar-refractivity contribution in [3.05, 3.63) is 12.7 Å². The molecule has 0 aromatic rings. The second-order valence-electron chi connectivity index (χ2n) is 2.72. The second kappa shape index (κ2) is 5.52. The van der Waals surface area contributed by atoms with Crippen molar-refractivity contribution in [1.82, 2.24) is 0 Å². The van der Waals surface area contributed by atoms with Gasteiger partial charge in [-0.1, -0.05) is 6.08 Å². The number of allylic oxidation sites excluding steroid dienone is 1. The quantitative estimate of drug-likeness (QED) is 0.374. The van der Waals surface area contributed by atoms with Crippen LogP contribution in [0.25, 0.3) is 0 Å². The molecule has 0 fully saturated rings. The minimum absolute atomic E-state index is 0.272. The maximum absolute atomic E-state index is 10.8. The van der Waals surface area contributed by atoms with E-state index in [1.54, 1.807) is 6.08 Å². The van der Waals surface area contributed by atoms with Crippen LogP contribution in [-0.4, -0.2) is 16.9 Å². The Bertz CT molecular complexity index is 170. The van der Waals surface area contributed by atoms with E-state index in [0.29, 0.717) is 12.8 Å². The topological polar surface area (TPSA) is 54.4 Å². The Labute approximate surface area is 72.1 Å². The van der Waals surface area contributed by atoms with Crippen LogP contribution in [0, 0.1) is 5.92 Å². The molecule has 0 bridgehead atoms. The van der Waals surface area contributed by atoms with Gasteiger partial charge in [0.2, 0.25) is 0 Å². The fraction of sp³-hybridized carbons (Fsp3) is 0.556. The van der Waals surface area contributed by atoms with Gasteiger partial charge in [0, 0.05) is 0 Å². The molecule has 3 nitrogen and oxygen atoms in total. The molecule has 0 saturated heterocycles. The van der Waals surface area contributed by atoms with Gasteiger partial charge in [-0.05, 0) is 26.2 Å². The Kier molecular flexibility index (Phi) is 5.00. The third kappa shape index (κ3) is 3.91. The Morgan fingerprint density at radius 1 is 1.58 bits per heavy atom. The first-order valence-corrected chi connectivity index (χ1v) is 3.93. The predicted molar refractivity (Wildman–Crippen MR) is 45.9 cm³/mol. The van der Waals surface area contributed by atoms with E-state index in [-0.39, 0.29) is 5.78 Å².